The SMILES string of the molecule is CCn1ncc(Cl)c1C(N)c1ccccc1F. The van der Waals surface area contributed by atoms with E-state index in [0.29, 0.717) is 22.8 Å². The lowest BCUT2D eigenvalue weighted by molar-refractivity contribution is 0.568. The minimum Gasteiger partial charge on any atom is -0.319 e. The molecule has 0 aliphatic rings. The molecule has 2 rings (SSSR count). The number of aryl methyl sites for hydroxylation is 1. The molecule has 0 fully saturated rings. The first-order chi connectivity index (χ1) is 8.15. The average Bonchev–Trinajstić information content (AvgIpc) is 2.70. The predicted molar refractivity (Wildman–Crippen MR) is 65.3 cm³/mol. The Hall–Kier alpha value is -1.39. The molecule has 0 radical (unpaired) electrons. The second-order valence-electron chi connectivity index (χ2n) is 3.69. The fourth-order valence-corrected chi connectivity index (χ4v) is 2.07. The van der Waals surface area contributed by atoms with Crippen LogP contribution in [0.2, 0.25) is 5.02 Å². The largest absolute Gasteiger partial charge is 0.319 e. The van der Waals surface area contributed by atoms with Crippen LogP contribution >= 0.6 is 11.6 Å². The lowest BCUT2D eigenvalue weighted by Gasteiger charge is -2.15. The molecule has 0 saturated carbocycles. The van der Waals surface area contributed by atoms with Crippen molar-refractivity contribution in [3.8, 4) is 0 Å². The van der Waals surface area contributed by atoms with E-state index in [1.54, 1.807) is 22.9 Å². The Morgan fingerprint density at radius 3 is 2.82 bits per heavy atom. The van der Waals surface area contributed by atoms with Crippen LogP contribution in [0, 0.1) is 5.82 Å². The Labute approximate surface area is 104 Å². The van der Waals surface area contributed by atoms with Gasteiger partial charge in [-0.3, -0.25) is 4.68 Å². The smallest absolute Gasteiger partial charge is 0.128 e. The zero-order chi connectivity index (χ0) is 12.4. The zero-order valence-corrected chi connectivity index (χ0v) is 10.2. The van der Waals surface area contributed by atoms with Crippen LogP contribution in [0.3, 0.4) is 0 Å². The van der Waals surface area contributed by atoms with Crippen molar-refractivity contribution < 1.29 is 4.39 Å². The topological polar surface area (TPSA) is 43.8 Å². The van der Waals surface area contributed by atoms with Crippen LogP contribution in [0.5, 0.6) is 0 Å². The van der Waals surface area contributed by atoms with Gasteiger partial charge in [-0.15, -0.1) is 0 Å². The maximum atomic E-state index is 13.6. The van der Waals surface area contributed by atoms with Gasteiger partial charge in [0.25, 0.3) is 0 Å². The van der Waals surface area contributed by atoms with Crippen molar-refractivity contribution in [2.45, 2.75) is 19.5 Å². The summed E-state index contributed by atoms with van der Waals surface area (Å²) in [5.74, 6) is -0.333. The molecule has 0 aliphatic carbocycles. The van der Waals surface area contributed by atoms with Gasteiger partial charge in [0.2, 0.25) is 0 Å². The summed E-state index contributed by atoms with van der Waals surface area (Å²) in [5, 5.41) is 4.55. The molecule has 90 valence electrons. The number of hydrogen-bond donors (Lipinski definition) is 1. The van der Waals surface area contributed by atoms with Crippen LogP contribution in [0.4, 0.5) is 4.39 Å². The number of nitrogens with two attached hydrogens (primary N) is 1. The van der Waals surface area contributed by atoms with Gasteiger partial charge in [0.1, 0.15) is 5.82 Å². The lowest BCUT2D eigenvalue weighted by atomic mass is 10.0. The summed E-state index contributed by atoms with van der Waals surface area (Å²) in [7, 11) is 0. The molecule has 1 aromatic heterocycles. The molecule has 0 spiro atoms. The fourth-order valence-electron chi connectivity index (χ4n) is 1.81. The molecule has 2 aromatic rings. The molecule has 1 heterocycles. The van der Waals surface area contributed by atoms with Crippen molar-refractivity contribution >= 4 is 11.6 Å². The summed E-state index contributed by atoms with van der Waals surface area (Å²) in [6.07, 6.45) is 1.53. The van der Waals surface area contributed by atoms with Gasteiger partial charge in [0.05, 0.1) is 23.0 Å². The Bertz CT molecular complexity index is 524. The van der Waals surface area contributed by atoms with Crippen LogP contribution in [0.25, 0.3) is 0 Å². The number of aromatic nitrogens is 2. The summed E-state index contributed by atoms with van der Waals surface area (Å²) < 4.78 is 15.3. The van der Waals surface area contributed by atoms with E-state index >= 15 is 0 Å². The monoisotopic (exact) mass is 253 g/mol. The minimum atomic E-state index is -0.605. The second kappa shape index (κ2) is 4.85. The maximum absolute atomic E-state index is 13.6. The predicted octanol–water partition coefficient (Wildman–Crippen LogP) is 2.74. The van der Waals surface area contributed by atoms with E-state index in [0.717, 1.165) is 0 Å². The van der Waals surface area contributed by atoms with Crippen molar-refractivity contribution in [1.29, 1.82) is 0 Å². The third kappa shape index (κ3) is 2.18. The molecule has 1 atom stereocenters. The molecule has 5 heteroatoms. The number of rotatable bonds is 3. The molecule has 2 N–H and O–H groups in total. The molecular formula is C12H13ClFN3. The molecule has 0 aliphatic heterocycles. The molecule has 0 bridgehead atoms. The number of benzene rings is 1. The molecular weight excluding hydrogens is 241 g/mol. The normalized spacial score (nSPS) is 12.7. The van der Waals surface area contributed by atoms with Crippen molar-refractivity contribution in [2.24, 2.45) is 5.73 Å². The van der Waals surface area contributed by atoms with Crippen LogP contribution in [-0.4, -0.2) is 9.78 Å². The first kappa shape index (κ1) is 12.1. The molecule has 0 amide bonds. The lowest BCUT2D eigenvalue weighted by Crippen LogP contribution is -2.18. The highest BCUT2D eigenvalue weighted by Gasteiger charge is 2.20. The van der Waals surface area contributed by atoms with E-state index in [9.17, 15) is 4.39 Å². The van der Waals surface area contributed by atoms with Gasteiger partial charge in [-0.2, -0.15) is 5.10 Å². The van der Waals surface area contributed by atoms with E-state index in [1.807, 2.05) is 6.92 Å². The van der Waals surface area contributed by atoms with Crippen molar-refractivity contribution in [3.63, 3.8) is 0 Å². The van der Waals surface area contributed by atoms with E-state index in [2.05, 4.69) is 5.10 Å². The number of nitrogens with zero attached hydrogens (tertiary/aromatic N) is 2. The third-order valence-corrected chi connectivity index (χ3v) is 2.96. The van der Waals surface area contributed by atoms with Crippen molar-refractivity contribution in [1.82, 2.24) is 9.78 Å². The quantitative estimate of drug-likeness (QED) is 0.914. The number of halogens is 2. The fraction of sp³-hybridized carbons (Fsp3) is 0.250. The summed E-state index contributed by atoms with van der Waals surface area (Å²) in [5.41, 5.74) is 7.11. The van der Waals surface area contributed by atoms with Crippen LogP contribution < -0.4 is 5.73 Å². The molecule has 1 aromatic carbocycles. The van der Waals surface area contributed by atoms with Gasteiger partial charge >= 0.3 is 0 Å². The Morgan fingerprint density at radius 1 is 1.47 bits per heavy atom. The van der Waals surface area contributed by atoms with Crippen molar-refractivity contribution in [2.75, 3.05) is 0 Å². The first-order valence-corrected chi connectivity index (χ1v) is 5.74. The molecule has 0 saturated heterocycles. The Kier molecular flexibility index (Phi) is 3.45. The van der Waals surface area contributed by atoms with E-state index in [1.165, 1.54) is 12.3 Å². The van der Waals surface area contributed by atoms with Gasteiger partial charge in [0, 0.05) is 12.1 Å². The van der Waals surface area contributed by atoms with Gasteiger partial charge in [-0.25, -0.2) is 4.39 Å². The highest BCUT2D eigenvalue weighted by Crippen LogP contribution is 2.27. The maximum Gasteiger partial charge on any atom is 0.128 e. The van der Waals surface area contributed by atoms with E-state index in [-0.39, 0.29) is 5.82 Å². The van der Waals surface area contributed by atoms with Gasteiger partial charge in [0.15, 0.2) is 0 Å². The summed E-state index contributed by atoms with van der Waals surface area (Å²) in [6, 6.07) is 5.81. The van der Waals surface area contributed by atoms with E-state index < -0.39 is 6.04 Å². The second-order valence-corrected chi connectivity index (χ2v) is 4.10. The van der Waals surface area contributed by atoms with Crippen LogP contribution in [0.1, 0.15) is 24.2 Å². The zero-order valence-electron chi connectivity index (χ0n) is 9.40. The highest BCUT2D eigenvalue weighted by atomic mass is 35.5. The minimum absolute atomic E-state index is 0.333. The van der Waals surface area contributed by atoms with Crippen LogP contribution in [0.15, 0.2) is 30.5 Å². The molecule has 17 heavy (non-hydrogen) atoms. The van der Waals surface area contributed by atoms with Crippen molar-refractivity contribution in [3.05, 3.63) is 52.6 Å². The van der Waals surface area contributed by atoms with Gasteiger partial charge < -0.3 is 5.73 Å². The standard InChI is InChI=1S/C12H13ClFN3/c1-2-17-12(9(13)7-16-17)11(15)8-5-3-4-6-10(8)14/h3-7,11H,2,15H2,1H3. The summed E-state index contributed by atoms with van der Waals surface area (Å²) in [4.78, 5) is 0. The summed E-state index contributed by atoms with van der Waals surface area (Å²) in [6.45, 7) is 2.57. The average molecular weight is 254 g/mol. The van der Waals surface area contributed by atoms with E-state index in [4.69, 9.17) is 17.3 Å². The third-order valence-electron chi connectivity index (χ3n) is 2.67. The highest BCUT2D eigenvalue weighted by molar-refractivity contribution is 6.31. The van der Waals surface area contributed by atoms with Gasteiger partial charge in [-0.1, -0.05) is 29.8 Å². The molecule has 1 unspecified atom stereocenters. The molecule has 3 nitrogen and oxygen atoms in total. The number of hydrogen-bond acceptors (Lipinski definition) is 2. The Balaban J connectivity index is 2.47. The first-order valence-electron chi connectivity index (χ1n) is 5.36. The summed E-state index contributed by atoms with van der Waals surface area (Å²) >= 11 is 6.04. The Morgan fingerprint density at radius 2 is 2.18 bits per heavy atom. The van der Waals surface area contributed by atoms with Crippen LogP contribution in [-0.2, 0) is 6.54 Å². The van der Waals surface area contributed by atoms with Gasteiger partial charge in [-0.05, 0) is 13.0 Å².